The van der Waals surface area contributed by atoms with E-state index in [1.54, 1.807) is 29.3 Å². The van der Waals surface area contributed by atoms with Gasteiger partial charge in [-0.1, -0.05) is 17.8 Å². The summed E-state index contributed by atoms with van der Waals surface area (Å²) in [5.74, 6) is 2.37. The maximum Gasteiger partial charge on any atom is 0.231 e. The van der Waals surface area contributed by atoms with Crippen LogP contribution in [0.3, 0.4) is 0 Å². The Balaban J connectivity index is 1.67. The van der Waals surface area contributed by atoms with Crippen LogP contribution >= 0.6 is 23.1 Å². The van der Waals surface area contributed by atoms with Crippen LogP contribution in [-0.4, -0.2) is 17.5 Å². The standard InChI is InChI=1S/C12H12N2O2S2/c13-9(6-18-12-14-3-4-17-12)8-1-2-10-11(5-8)16-7-15-10/h1-5,9H,6-7,13H2. The third kappa shape index (κ3) is 2.45. The first-order chi connectivity index (χ1) is 8.83. The van der Waals surface area contributed by atoms with Crippen molar-refractivity contribution in [3.63, 3.8) is 0 Å². The molecule has 0 bridgehead atoms. The van der Waals surface area contributed by atoms with Crippen LogP contribution in [0.1, 0.15) is 11.6 Å². The Morgan fingerprint density at radius 2 is 2.28 bits per heavy atom. The maximum atomic E-state index is 6.17. The van der Waals surface area contributed by atoms with Gasteiger partial charge in [0.05, 0.1) is 0 Å². The first-order valence-electron chi connectivity index (χ1n) is 5.50. The third-order valence-corrected chi connectivity index (χ3v) is 4.71. The second-order valence-electron chi connectivity index (χ2n) is 3.83. The Hall–Kier alpha value is -1.24. The van der Waals surface area contributed by atoms with Gasteiger partial charge in [0.2, 0.25) is 6.79 Å². The fraction of sp³-hybridized carbons (Fsp3) is 0.250. The SMILES string of the molecule is NC(CSc1nccs1)c1ccc2c(c1)OCO2. The summed E-state index contributed by atoms with van der Waals surface area (Å²) in [6.45, 7) is 0.294. The number of hydrogen-bond donors (Lipinski definition) is 1. The zero-order chi connectivity index (χ0) is 12.4. The average Bonchev–Trinajstić information content (AvgIpc) is 3.05. The van der Waals surface area contributed by atoms with Crippen molar-refractivity contribution >= 4 is 23.1 Å². The van der Waals surface area contributed by atoms with E-state index in [1.807, 2.05) is 23.6 Å². The highest BCUT2D eigenvalue weighted by Crippen LogP contribution is 2.34. The summed E-state index contributed by atoms with van der Waals surface area (Å²) >= 11 is 3.31. The summed E-state index contributed by atoms with van der Waals surface area (Å²) in [4.78, 5) is 4.22. The molecule has 1 aliphatic heterocycles. The molecule has 6 heteroatoms. The molecule has 0 aliphatic carbocycles. The van der Waals surface area contributed by atoms with E-state index in [9.17, 15) is 0 Å². The number of fused-ring (bicyclic) bond motifs is 1. The fourth-order valence-electron chi connectivity index (χ4n) is 1.68. The molecule has 94 valence electrons. The van der Waals surface area contributed by atoms with Crippen molar-refractivity contribution in [3.05, 3.63) is 35.3 Å². The van der Waals surface area contributed by atoms with E-state index in [-0.39, 0.29) is 6.04 Å². The molecule has 1 aliphatic rings. The molecule has 0 saturated carbocycles. The van der Waals surface area contributed by atoms with Gasteiger partial charge in [-0.05, 0) is 17.7 Å². The number of thioether (sulfide) groups is 1. The molecule has 0 saturated heterocycles. The molecule has 2 heterocycles. The van der Waals surface area contributed by atoms with E-state index in [0.717, 1.165) is 27.2 Å². The van der Waals surface area contributed by atoms with Crippen molar-refractivity contribution in [2.24, 2.45) is 5.73 Å². The van der Waals surface area contributed by atoms with Gasteiger partial charge in [0.25, 0.3) is 0 Å². The van der Waals surface area contributed by atoms with Crippen LogP contribution < -0.4 is 15.2 Å². The minimum atomic E-state index is -0.0339. The monoisotopic (exact) mass is 280 g/mol. The molecule has 1 aromatic heterocycles. The van der Waals surface area contributed by atoms with E-state index in [4.69, 9.17) is 15.2 Å². The summed E-state index contributed by atoms with van der Waals surface area (Å²) in [5.41, 5.74) is 7.22. The molecule has 1 atom stereocenters. The van der Waals surface area contributed by atoms with Gasteiger partial charge in [0.15, 0.2) is 11.5 Å². The van der Waals surface area contributed by atoms with Crippen LogP contribution in [0.25, 0.3) is 0 Å². The van der Waals surface area contributed by atoms with E-state index >= 15 is 0 Å². The first kappa shape index (κ1) is 11.8. The molecule has 0 spiro atoms. The number of hydrogen-bond acceptors (Lipinski definition) is 6. The molecular weight excluding hydrogens is 268 g/mol. The van der Waals surface area contributed by atoms with Gasteiger partial charge in [-0.25, -0.2) is 4.98 Å². The average molecular weight is 280 g/mol. The zero-order valence-electron chi connectivity index (χ0n) is 9.54. The van der Waals surface area contributed by atoms with Gasteiger partial charge in [-0.2, -0.15) is 0 Å². The van der Waals surface area contributed by atoms with Crippen molar-refractivity contribution in [2.45, 2.75) is 10.4 Å². The normalized spacial score (nSPS) is 14.7. The maximum absolute atomic E-state index is 6.17. The van der Waals surface area contributed by atoms with Crippen molar-refractivity contribution in [2.75, 3.05) is 12.5 Å². The fourth-order valence-corrected chi connectivity index (χ4v) is 3.34. The van der Waals surface area contributed by atoms with Crippen LogP contribution in [0, 0.1) is 0 Å². The highest BCUT2D eigenvalue weighted by molar-refractivity contribution is 8.01. The Labute approximate surface area is 113 Å². The van der Waals surface area contributed by atoms with Crippen LogP contribution in [-0.2, 0) is 0 Å². The predicted molar refractivity (Wildman–Crippen MR) is 72.3 cm³/mol. The van der Waals surface area contributed by atoms with Crippen LogP contribution in [0.15, 0.2) is 34.1 Å². The number of benzene rings is 1. The van der Waals surface area contributed by atoms with Crippen LogP contribution in [0.4, 0.5) is 0 Å². The van der Waals surface area contributed by atoms with Gasteiger partial charge in [-0.15, -0.1) is 11.3 Å². The summed E-state index contributed by atoms with van der Waals surface area (Å²) in [5, 5.41) is 1.97. The van der Waals surface area contributed by atoms with E-state index in [1.165, 1.54) is 0 Å². The topological polar surface area (TPSA) is 57.4 Å². The smallest absolute Gasteiger partial charge is 0.231 e. The summed E-state index contributed by atoms with van der Waals surface area (Å²) in [6, 6.07) is 5.81. The summed E-state index contributed by atoms with van der Waals surface area (Å²) < 4.78 is 11.7. The summed E-state index contributed by atoms with van der Waals surface area (Å²) in [7, 11) is 0. The number of nitrogens with two attached hydrogens (primary N) is 1. The molecule has 0 fully saturated rings. The second-order valence-corrected chi connectivity index (χ2v) is 5.99. The van der Waals surface area contributed by atoms with Crippen LogP contribution in [0.2, 0.25) is 0 Å². The van der Waals surface area contributed by atoms with E-state index in [0.29, 0.717) is 6.79 Å². The molecule has 0 radical (unpaired) electrons. The Bertz CT molecular complexity index is 531. The van der Waals surface area contributed by atoms with E-state index < -0.39 is 0 Å². The van der Waals surface area contributed by atoms with Crippen LogP contribution in [0.5, 0.6) is 11.5 Å². The molecule has 0 amide bonds. The zero-order valence-corrected chi connectivity index (χ0v) is 11.2. The van der Waals surface area contributed by atoms with Crippen molar-refractivity contribution in [1.29, 1.82) is 0 Å². The van der Waals surface area contributed by atoms with E-state index in [2.05, 4.69) is 4.98 Å². The number of rotatable bonds is 4. The lowest BCUT2D eigenvalue weighted by Gasteiger charge is -2.11. The lowest BCUT2D eigenvalue weighted by atomic mass is 10.1. The lowest BCUT2D eigenvalue weighted by molar-refractivity contribution is 0.174. The number of ether oxygens (including phenoxy) is 2. The number of nitrogens with zero attached hydrogens (tertiary/aromatic N) is 1. The third-order valence-electron chi connectivity index (χ3n) is 2.62. The molecule has 3 rings (SSSR count). The Kier molecular flexibility index (Phi) is 3.40. The number of thiazole rings is 1. The van der Waals surface area contributed by atoms with Crippen molar-refractivity contribution in [3.8, 4) is 11.5 Å². The number of aromatic nitrogens is 1. The second kappa shape index (κ2) is 5.17. The highest BCUT2D eigenvalue weighted by Gasteiger charge is 2.16. The molecule has 2 N–H and O–H groups in total. The largest absolute Gasteiger partial charge is 0.454 e. The molecular formula is C12H12N2O2S2. The molecule has 1 unspecified atom stereocenters. The van der Waals surface area contributed by atoms with Gasteiger partial charge in [0.1, 0.15) is 4.34 Å². The predicted octanol–water partition coefficient (Wildman–Crippen LogP) is 2.66. The van der Waals surface area contributed by atoms with Gasteiger partial charge < -0.3 is 15.2 Å². The Morgan fingerprint density at radius 3 is 3.11 bits per heavy atom. The first-order valence-corrected chi connectivity index (χ1v) is 7.37. The molecule has 4 nitrogen and oxygen atoms in total. The minimum absolute atomic E-state index is 0.0339. The summed E-state index contributed by atoms with van der Waals surface area (Å²) in [6.07, 6.45) is 1.80. The van der Waals surface area contributed by atoms with Gasteiger partial charge in [-0.3, -0.25) is 0 Å². The highest BCUT2D eigenvalue weighted by atomic mass is 32.2. The van der Waals surface area contributed by atoms with Crippen molar-refractivity contribution < 1.29 is 9.47 Å². The minimum Gasteiger partial charge on any atom is -0.454 e. The quantitative estimate of drug-likeness (QED) is 0.873. The van der Waals surface area contributed by atoms with Gasteiger partial charge >= 0.3 is 0 Å². The molecule has 1 aromatic carbocycles. The van der Waals surface area contributed by atoms with Crippen molar-refractivity contribution in [1.82, 2.24) is 4.98 Å². The Morgan fingerprint density at radius 1 is 1.39 bits per heavy atom. The molecule has 18 heavy (non-hydrogen) atoms. The van der Waals surface area contributed by atoms with Gasteiger partial charge in [0, 0.05) is 23.4 Å². The lowest BCUT2D eigenvalue weighted by Crippen LogP contribution is -2.12. The molecule has 2 aromatic rings.